The lowest BCUT2D eigenvalue weighted by Gasteiger charge is -2.08. The van der Waals surface area contributed by atoms with E-state index >= 15 is 0 Å². The Bertz CT molecular complexity index is 761. The first-order chi connectivity index (χ1) is 9.76. The zero-order valence-electron chi connectivity index (χ0n) is 10.5. The first-order valence-corrected chi connectivity index (χ1v) is 6.44. The summed E-state index contributed by atoms with van der Waals surface area (Å²) in [5.74, 6) is 7.30. The molecule has 0 aliphatic rings. The molecule has 0 aliphatic heterocycles. The maximum atomic E-state index is 6.07. The van der Waals surface area contributed by atoms with E-state index in [1.807, 2.05) is 48.5 Å². The molecule has 3 N–H and O–H groups in total. The molecule has 4 nitrogen and oxygen atoms in total. The third-order valence-corrected chi connectivity index (χ3v) is 3.19. The van der Waals surface area contributed by atoms with E-state index < -0.39 is 0 Å². The van der Waals surface area contributed by atoms with Crippen molar-refractivity contribution in [2.75, 3.05) is 5.43 Å². The van der Waals surface area contributed by atoms with Gasteiger partial charge >= 0.3 is 0 Å². The number of hydrogen-bond acceptors (Lipinski definition) is 4. The number of anilines is 1. The van der Waals surface area contributed by atoms with Gasteiger partial charge in [-0.2, -0.15) is 0 Å². The number of aromatic nitrogens is 1. The molecule has 0 amide bonds. The fourth-order valence-electron chi connectivity index (χ4n) is 1.90. The average molecular weight is 286 g/mol. The summed E-state index contributed by atoms with van der Waals surface area (Å²) in [5.41, 5.74) is 3.36. The van der Waals surface area contributed by atoms with E-state index in [1.54, 1.807) is 6.07 Å². The van der Waals surface area contributed by atoms with E-state index in [2.05, 4.69) is 10.4 Å². The van der Waals surface area contributed by atoms with Gasteiger partial charge in [0.2, 0.25) is 0 Å². The highest BCUT2D eigenvalue weighted by Crippen LogP contribution is 2.30. The minimum atomic E-state index is 0.577. The van der Waals surface area contributed by atoms with Crippen molar-refractivity contribution in [3.8, 4) is 11.5 Å². The van der Waals surface area contributed by atoms with E-state index in [-0.39, 0.29) is 0 Å². The van der Waals surface area contributed by atoms with Gasteiger partial charge < -0.3 is 10.2 Å². The van der Waals surface area contributed by atoms with Crippen LogP contribution in [0.4, 0.5) is 5.82 Å². The normalized spacial score (nSPS) is 10.5. The molecule has 0 spiro atoms. The van der Waals surface area contributed by atoms with Crippen molar-refractivity contribution in [2.24, 2.45) is 5.84 Å². The second-order valence-electron chi connectivity index (χ2n) is 4.23. The summed E-state index contributed by atoms with van der Waals surface area (Å²) in [6, 6.07) is 16.7. The fraction of sp³-hybridized carbons (Fsp3) is 0. The molecule has 2 aromatic carbocycles. The largest absolute Gasteiger partial charge is 0.456 e. The van der Waals surface area contributed by atoms with Crippen LogP contribution in [0.2, 0.25) is 5.02 Å². The molecule has 0 saturated carbocycles. The van der Waals surface area contributed by atoms with Crippen molar-refractivity contribution >= 4 is 28.3 Å². The molecule has 0 aliphatic carbocycles. The molecule has 0 saturated heterocycles. The van der Waals surface area contributed by atoms with E-state index in [0.717, 1.165) is 10.9 Å². The minimum Gasteiger partial charge on any atom is -0.456 e. The monoisotopic (exact) mass is 285 g/mol. The molecule has 1 aromatic heterocycles. The van der Waals surface area contributed by atoms with Crippen molar-refractivity contribution in [3.05, 3.63) is 59.6 Å². The third kappa shape index (κ3) is 2.52. The van der Waals surface area contributed by atoms with Gasteiger partial charge in [0.1, 0.15) is 17.3 Å². The zero-order valence-corrected chi connectivity index (χ0v) is 11.3. The average Bonchev–Trinajstić information content (AvgIpc) is 2.49. The topological polar surface area (TPSA) is 60.2 Å². The summed E-state index contributed by atoms with van der Waals surface area (Å²) in [6.45, 7) is 0. The predicted molar refractivity (Wildman–Crippen MR) is 81.1 cm³/mol. The molecule has 0 radical (unpaired) electrons. The highest BCUT2D eigenvalue weighted by atomic mass is 35.5. The number of rotatable bonds is 3. The Hall–Kier alpha value is -2.30. The lowest BCUT2D eigenvalue weighted by Crippen LogP contribution is -2.08. The summed E-state index contributed by atoms with van der Waals surface area (Å²) < 4.78 is 5.77. The molecule has 100 valence electrons. The summed E-state index contributed by atoms with van der Waals surface area (Å²) in [4.78, 5) is 4.34. The Labute approximate surface area is 121 Å². The van der Waals surface area contributed by atoms with Crippen molar-refractivity contribution in [2.45, 2.75) is 0 Å². The van der Waals surface area contributed by atoms with Crippen LogP contribution in [-0.4, -0.2) is 4.98 Å². The first-order valence-electron chi connectivity index (χ1n) is 6.06. The Balaban J connectivity index is 1.95. The van der Waals surface area contributed by atoms with Crippen LogP contribution in [0.1, 0.15) is 0 Å². The second kappa shape index (κ2) is 5.36. The van der Waals surface area contributed by atoms with Crippen LogP contribution in [0.3, 0.4) is 0 Å². The number of hydrazine groups is 1. The molecule has 0 atom stereocenters. The van der Waals surface area contributed by atoms with Crippen LogP contribution in [-0.2, 0) is 0 Å². The van der Waals surface area contributed by atoms with Gasteiger partial charge in [0.15, 0.2) is 0 Å². The standard InChI is InChI=1S/C15H12ClN3O/c16-12-3-1-2-4-14(12)20-11-6-7-13-10(9-11)5-8-15(18-13)19-17/h1-9H,17H2,(H,18,19). The molecular formula is C15H12ClN3O. The lowest BCUT2D eigenvalue weighted by molar-refractivity contribution is 0.483. The molecule has 0 fully saturated rings. The summed E-state index contributed by atoms with van der Waals surface area (Å²) in [7, 11) is 0. The minimum absolute atomic E-state index is 0.577. The van der Waals surface area contributed by atoms with Gasteiger partial charge in [-0.25, -0.2) is 10.8 Å². The maximum Gasteiger partial charge on any atom is 0.146 e. The number of para-hydroxylation sites is 1. The number of hydrogen-bond donors (Lipinski definition) is 2. The number of nitrogens with zero attached hydrogens (tertiary/aromatic N) is 1. The van der Waals surface area contributed by atoms with Crippen LogP contribution in [0.5, 0.6) is 11.5 Å². The van der Waals surface area contributed by atoms with Crippen LogP contribution in [0.25, 0.3) is 10.9 Å². The number of pyridine rings is 1. The Morgan fingerprint density at radius 3 is 2.70 bits per heavy atom. The second-order valence-corrected chi connectivity index (χ2v) is 4.64. The SMILES string of the molecule is NNc1ccc2cc(Oc3ccccc3Cl)ccc2n1. The van der Waals surface area contributed by atoms with Gasteiger partial charge in [-0.05, 0) is 42.5 Å². The molecule has 1 heterocycles. The van der Waals surface area contributed by atoms with Crippen molar-refractivity contribution in [1.82, 2.24) is 4.98 Å². The van der Waals surface area contributed by atoms with Gasteiger partial charge in [-0.3, -0.25) is 0 Å². The number of fused-ring (bicyclic) bond motifs is 1. The number of nitrogens with two attached hydrogens (primary N) is 1. The highest BCUT2D eigenvalue weighted by Gasteiger charge is 2.04. The smallest absolute Gasteiger partial charge is 0.146 e. The van der Waals surface area contributed by atoms with Gasteiger partial charge in [0.05, 0.1) is 10.5 Å². The molecule has 0 unspecified atom stereocenters. The van der Waals surface area contributed by atoms with Gasteiger partial charge in [0.25, 0.3) is 0 Å². The van der Waals surface area contributed by atoms with Gasteiger partial charge in [-0.15, -0.1) is 0 Å². The Morgan fingerprint density at radius 2 is 1.90 bits per heavy atom. The van der Waals surface area contributed by atoms with E-state index in [0.29, 0.717) is 22.3 Å². The number of benzene rings is 2. The van der Waals surface area contributed by atoms with Gasteiger partial charge in [-0.1, -0.05) is 23.7 Å². The van der Waals surface area contributed by atoms with Crippen molar-refractivity contribution in [3.63, 3.8) is 0 Å². The van der Waals surface area contributed by atoms with Crippen LogP contribution < -0.4 is 16.0 Å². The summed E-state index contributed by atoms with van der Waals surface area (Å²) >= 11 is 6.07. The van der Waals surface area contributed by atoms with Crippen LogP contribution in [0, 0.1) is 0 Å². The molecule has 0 bridgehead atoms. The van der Waals surface area contributed by atoms with Gasteiger partial charge in [0, 0.05) is 5.39 Å². The number of halogens is 1. The number of nitrogens with one attached hydrogen (secondary N) is 1. The van der Waals surface area contributed by atoms with Crippen molar-refractivity contribution < 1.29 is 4.74 Å². The zero-order chi connectivity index (χ0) is 13.9. The quantitative estimate of drug-likeness (QED) is 0.565. The highest BCUT2D eigenvalue weighted by molar-refractivity contribution is 6.32. The maximum absolute atomic E-state index is 6.07. The molecule has 20 heavy (non-hydrogen) atoms. The van der Waals surface area contributed by atoms with Crippen molar-refractivity contribution in [1.29, 1.82) is 0 Å². The van der Waals surface area contributed by atoms with E-state index in [4.69, 9.17) is 22.2 Å². The lowest BCUT2D eigenvalue weighted by atomic mass is 10.2. The Kier molecular flexibility index (Phi) is 3.41. The summed E-state index contributed by atoms with van der Waals surface area (Å²) in [6.07, 6.45) is 0. The summed E-state index contributed by atoms with van der Waals surface area (Å²) in [5, 5.41) is 1.54. The third-order valence-electron chi connectivity index (χ3n) is 2.87. The van der Waals surface area contributed by atoms with E-state index in [1.165, 1.54) is 0 Å². The molecule has 3 rings (SSSR count). The van der Waals surface area contributed by atoms with Crippen LogP contribution in [0.15, 0.2) is 54.6 Å². The molecule has 5 heteroatoms. The Morgan fingerprint density at radius 1 is 1.05 bits per heavy atom. The molecular weight excluding hydrogens is 274 g/mol. The van der Waals surface area contributed by atoms with E-state index in [9.17, 15) is 0 Å². The fourth-order valence-corrected chi connectivity index (χ4v) is 2.08. The van der Waals surface area contributed by atoms with Crippen LogP contribution >= 0.6 is 11.6 Å². The molecule has 3 aromatic rings. The first kappa shape index (κ1) is 12.7. The number of ether oxygens (including phenoxy) is 1. The predicted octanol–water partition coefficient (Wildman–Crippen LogP) is 3.97. The number of nitrogen functional groups attached to an aromatic ring is 1.